The zero-order chi connectivity index (χ0) is 12.2. The molecule has 0 aliphatic carbocycles. The van der Waals surface area contributed by atoms with Gasteiger partial charge in [-0.05, 0) is 12.0 Å². The van der Waals surface area contributed by atoms with Crippen molar-refractivity contribution in [2.75, 3.05) is 0 Å². The van der Waals surface area contributed by atoms with E-state index < -0.39 is 0 Å². The van der Waals surface area contributed by atoms with Crippen molar-refractivity contribution in [3.63, 3.8) is 0 Å². The average Bonchev–Trinajstić information content (AvgIpc) is 2.17. The van der Waals surface area contributed by atoms with Gasteiger partial charge in [0.05, 0.1) is 0 Å². The number of Topliss-reactive ketones (excluding diaryl/α,β-unsaturated/α-hetero) is 1. The molecular formula is C15H20O. The van der Waals surface area contributed by atoms with Crippen molar-refractivity contribution in [3.8, 4) is 0 Å². The third-order valence-electron chi connectivity index (χ3n) is 2.54. The zero-order valence-electron chi connectivity index (χ0n) is 10.4. The predicted molar refractivity (Wildman–Crippen MR) is 68.4 cm³/mol. The van der Waals surface area contributed by atoms with Gasteiger partial charge in [0.15, 0.2) is 0 Å². The topological polar surface area (TPSA) is 17.1 Å². The molecule has 0 amide bonds. The summed E-state index contributed by atoms with van der Waals surface area (Å²) in [6.07, 6.45) is 1.28. The molecule has 0 aliphatic rings. The SMILES string of the molecule is C=C(CC(=O)C(C)(C)C)Cc1ccccc1. The summed E-state index contributed by atoms with van der Waals surface area (Å²) < 4.78 is 0. The Labute approximate surface area is 98.2 Å². The summed E-state index contributed by atoms with van der Waals surface area (Å²) in [5, 5.41) is 0. The summed E-state index contributed by atoms with van der Waals surface area (Å²) in [7, 11) is 0. The van der Waals surface area contributed by atoms with Gasteiger partial charge in [0, 0.05) is 11.8 Å². The lowest BCUT2D eigenvalue weighted by molar-refractivity contribution is -0.125. The minimum absolute atomic E-state index is 0.258. The van der Waals surface area contributed by atoms with Gasteiger partial charge in [-0.2, -0.15) is 0 Å². The highest BCUT2D eigenvalue weighted by molar-refractivity contribution is 5.85. The smallest absolute Gasteiger partial charge is 0.142 e. The Morgan fingerprint density at radius 1 is 1.19 bits per heavy atom. The Kier molecular flexibility index (Phi) is 4.05. The van der Waals surface area contributed by atoms with Crippen LogP contribution in [0.3, 0.4) is 0 Å². The third kappa shape index (κ3) is 4.01. The van der Waals surface area contributed by atoms with Gasteiger partial charge < -0.3 is 0 Å². The molecule has 0 fully saturated rings. The molecule has 1 aromatic rings. The Morgan fingerprint density at radius 2 is 1.75 bits per heavy atom. The minimum Gasteiger partial charge on any atom is -0.299 e. The molecule has 86 valence electrons. The Hall–Kier alpha value is -1.37. The first-order valence-corrected chi connectivity index (χ1v) is 5.63. The maximum atomic E-state index is 11.8. The second kappa shape index (κ2) is 5.11. The van der Waals surface area contributed by atoms with Crippen LogP contribution in [0.5, 0.6) is 0 Å². The Balaban J connectivity index is 2.52. The van der Waals surface area contributed by atoms with E-state index in [0.717, 1.165) is 12.0 Å². The normalized spacial score (nSPS) is 11.2. The van der Waals surface area contributed by atoms with E-state index in [4.69, 9.17) is 0 Å². The van der Waals surface area contributed by atoms with Crippen molar-refractivity contribution in [1.29, 1.82) is 0 Å². The summed E-state index contributed by atoms with van der Waals surface area (Å²) in [6, 6.07) is 10.1. The highest BCUT2D eigenvalue weighted by atomic mass is 16.1. The monoisotopic (exact) mass is 216 g/mol. The highest BCUT2D eigenvalue weighted by Gasteiger charge is 2.21. The molecule has 0 spiro atoms. The van der Waals surface area contributed by atoms with Gasteiger partial charge in [0.2, 0.25) is 0 Å². The van der Waals surface area contributed by atoms with Gasteiger partial charge in [0.25, 0.3) is 0 Å². The fourth-order valence-electron chi connectivity index (χ4n) is 1.44. The first-order valence-electron chi connectivity index (χ1n) is 5.63. The quantitative estimate of drug-likeness (QED) is 0.700. The lowest BCUT2D eigenvalue weighted by Crippen LogP contribution is -2.20. The molecule has 0 aromatic heterocycles. The lowest BCUT2D eigenvalue weighted by Gasteiger charge is -2.17. The summed E-state index contributed by atoms with van der Waals surface area (Å²) in [6.45, 7) is 9.83. The number of carbonyl (C=O) groups excluding carboxylic acids is 1. The molecule has 1 rings (SSSR count). The molecule has 0 N–H and O–H groups in total. The molecule has 0 unspecified atom stereocenters. The molecule has 0 atom stereocenters. The molecule has 16 heavy (non-hydrogen) atoms. The van der Waals surface area contributed by atoms with Crippen molar-refractivity contribution in [2.24, 2.45) is 5.41 Å². The number of hydrogen-bond donors (Lipinski definition) is 0. The van der Waals surface area contributed by atoms with Crippen molar-refractivity contribution in [2.45, 2.75) is 33.6 Å². The van der Waals surface area contributed by atoms with Gasteiger partial charge in [-0.1, -0.05) is 63.3 Å². The van der Waals surface area contributed by atoms with E-state index in [0.29, 0.717) is 6.42 Å². The summed E-state index contributed by atoms with van der Waals surface area (Å²) >= 11 is 0. The van der Waals surface area contributed by atoms with Crippen LogP contribution in [0.25, 0.3) is 0 Å². The fourth-order valence-corrected chi connectivity index (χ4v) is 1.44. The molecule has 1 nitrogen and oxygen atoms in total. The summed E-state index contributed by atoms with van der Waals surface area (Å²) in [5.41, 5.74) is 1.94. The van der Waals surface area contributed by atoms with E-state index in [2.05, 4.69) is 18.7 Å². The van der Waals surface area contributed by atoms with Crippen LogP contribution in [0.2, 0.25) is 0 Å². The number of rotatable bonds is 4. The van der Waals surface area contributed by atoms with E-state index in [1.807, 2.05) is 39.0 Å². The highest BCUT2D eigenvalue weighted by Crippen LogP contribution is 2.20. The number of ketones is 1. The minimum atomic E-state index is -0.264. The van der Waals surface area contributed by atoms with E-state index in [1.165, 1.54) is 5.56 Å². The van der Waals surface area contributed by atoms with Crippen LogP contribution < -0.4 is 0 Å². The van der Waals surface area contributed by atoms with Crippen LogP contribution in [0.4, 0.5) is 0 Å². The number of allylic oxidation sites excluding steroid dienone is 1. The van der Waals surface area contributed by atoms with E-state index in [9.17, 15) is 4.79 Å². The first kappa shape index (κ1) is 12.7. The predicted octanol–water partition coefficient (Wildman–Crippen LogP) is 3.79. The van der Waals surface area contributed by atoms with Crippen molar-refractivity contribution < 1.29 is 4.79 Å². The lowest BCUT2D eigenvalue weighted by atomic mass is 9.86. The molecule has 1 heteroatoms. The van der Waals surface area contributed by atoms with Crippen LogP contribution in [-0.2, 0) is 11.2 Å². The maximum Gasteiger partial charge on any atom is 0.142 e. The van der Waals surface area contributed by atoms with Gasteiger partial charge in [-0.3, -0.25) is 4.79 Å². The molecule has 0 radical (unpaired) electrons. The third-order valence-corrected chi connectivity index (χ3v) is 2.54. The molecule has 0 saturated carbocycles. The maximum absolute atomic E-state index is 11.8. The van der Waals surface area contributed by atoms with Crippen molar-refractivity contribution in [3.05, 3.63) is 48.0 Å². The molecular weight excluding hydrogens is 196 g/mol. The second-order valence-electron chi connectivity index (χ2n) is 5.26. The fraction of sp³-hybridized carbons (Fsp3) is 0.400. The van der Waals surface area contributed by atoms with E-state index in [1.54, 1.807) is 0 Å². The van der Waals surface area contributed by atoms with Gasteiger partial charge >= 0.3 is 0 Å². The van der Waals surface area contributed by atoms with Gasteiger partial charge in [-0.25, -0.2) is 0 Å². The Morgan fingerprint density at radius 3 is 2.25 bits per heavy atom. The van der Waals surface area contributed by atoms with Crippen molar-refractivity contribution in [1.82, 2.24) is 0 Å². The molecule has 0 saturated heterocycles. The van der Waals surface area contributed by atoms with Crippen LogP contribution in [-0.4, -0.2) is 5.78 Å². The van der Waals surface area contributed by atoms with Crippen LogP contribution >= 0.6 is 0 Å². The number of hydrogen-bond acceptors (Lipinski definition) is 1. The zero-order valence-corrected chi connectivity index (χ0v) is 10.4. The van der Waals surface area contributed by atoms with E-state index >= 15 is 0 Å². The summed E-state index contributed by atoms with van der Waals surface area (Å²) in [5.74, 6) is 0.258. The number of benzene rings is 1. The molecule has 0 aliphatic heterocycles. The first-order chi connectivity index (χ1) is 7.39. The van der Waals surface area contributed by atoms with Gasteiger partial charge in [0.1, 0.15) is 5.78 Å². The number of carbonyl (C=O) groups is 1. The molecule has 0 heterocycles. The standard InChI is InChI=1S/C15H20O/c1-12(11-14(16)15(2,3)4)10-13-8-6-5-7-9-13/h5-9H,1,10-11H2,2-4H3. The van der Waals surface area contributed by atoms with Crippen LogP contribution in [0, 0.1) is 5.41 Å². The molecule has 1 aromatic carbocycles. The van der Waals surface area contributed by atoms with Crippen LogP contribution in [0.1, 0.15) is 32.8 Å². The second-order valence-corrected chi connectivity index (χ2v) is 5.26. The summed E-state index contributed by atoms with van der Waals surface area (Å²) in [4.78, 5) is 11.8. The largest absolute Gasteiger partial charge is 0.299 e. The Bertz CT molecular complexity index is 368. The average molecular weight is 216 g/mol. The van der Waals surface area contributed by atoms with Gasteiger partial charge in [-0.15, -0.1) is 0 Å². The molecule has 0 bridgehead atoms. The van der Waals surface area contributed by atoms with Crippen LogP contribution in [0.15, 0.2) is 42.5 Å². The van der Waals surface area contributed by atoms with Crippen molar-refractivity contribution >= 4 is 5.78 Å². The van der Waals surface area contributed by atoms with E-state index in [-0.39, 0.29) is 11.2 Å².